The number of fused-ring (bicyclic) bond motifs is 1. The van der Waals surface area contributed by atoms with Gasteiger partial charge in [-0.2, -0.15) is 5.26 Å². The number of aliphatic hydroxyl groups excluding tert-OH is 1. The molecule has 1 N–H and O–H groups in total. The lowest BCUT2D eigenvalue weighted by atomic mass is 9.74. The van der Waals surface area contributed by atoms with E-state index in [1.807, 2.05) is 38.1 Å². The van der Waals surface area contributed by atoms with E-state index in [0.29, 0.717) is 0 Å². The molecule has 0 amide bonds. The second-order valence-electron chi connectivity index (χ2n) is 13.9. The maximum atomic E-state index is 11.8. The maximum absolute atomic E-state index is 11.8. The molecule has 1 heterocycles. The summed E-state index contributed by atoms with van der Waals surface area (Å²) in [7, 11) is -2.04. The van der Waals surface area contributed by atoms with E-state index in [1.165, 1.54) is 5.56 Å². The zero-order valence-electron chi connectivity index (χ0n) is 24.6. The second kappa shape index (κ2) is 10.4. The Balaban J connectivity index is 2.18. The van der Waals surface area contributed by atoms with E-state index >= 15 is 0 Å². The number of hydrogen-bond donors (Lipinski definition) is 1. The van der Waals surface area contributed by atoms with Crippen molar-refractivity contribution < 1.29 is 9.53 Å². The largest absolute Gasteiger partial charge is 0.410 e. The van der Waals surface area contributed by atoms with Gasteiger partial charge in [0.1, 0.15) is 6.10 Å². The average molecular weight is 633 g/mol. The van der Waals surface area contributed by atoms with Gasteiger partial charge in [-0.3, -0.25) is 4.98 Å². The summed E-state index contributed by atoms with van der Waals surface area (Å²) < 4.78 is 8.16. The van der Waals surface area contributed by atoms with Crippen molar-refractivity contribution in [2.75, 3.05) is 0 Å². The van der Waals surface area contributed by atoms with E-state index in [1.54, 1.807) is 0 Å². The van der Waals surface area contributed by atoms with E-state index in [2.05, 4.69) is 90.2 Å². The van der Waals surface area contributed by atoms with Crippen molar-refractivity contribution >= 4 is 30.9 Å². The minimum Gasteiger partial charge on any atom is -0.410 e. The summed E-state index contributed by atoms with van der Waals surface area (Å²) in [5.41, 5.74) is 5.42. The lowest BCUT2D eigenvalue weighted by molar-refractivity contribution is 0.104. The van der Waals surface area contributed by atoms with E-state index in [9.17, 15) is 10.4 Å². The van der Waals surface area contributed by atoms with E-state index in [0.717, 1.165) is 44.5 Å². The molecular weight excluding hydrogens is 587 g/mol. The maximum Gasteiger partial charge on any atom is 0.192 e. The molecule has 0 spiro atoms. The van der Waals surface area contributed by atoms with Crippen LogP contribution in [0.25, 0.3) is 0 Å². The predicted octanol–water partition coefficient (Wildman–Crippen LogP) is 8.73. The van der Waals surface area contributed by atoms with E-state index in [4.69, 9.17) is 9.41 Å². The Kier molecular flexibility index (Phi) is 8.48. The molecule has 4 nitrogen and oxygen atoms in total. The van der Waals surface area contributed by atoms with Crippen LogP contribution < -0.4 is 0 Å². The van der Waals surface area contributed by atoms with Crippen LogP contribution in [0.5, 0.6) is 0 Å². The molecule has 0 fully saturated rings. The molecule has 2 aromatic rings. The smallest absolute Gasteiger partial charge is 0.192 e. The zero-order chi connectivity index (χ0) is 28.1. The molecule has 2 atom stereocenters. The van der Waals surface area contributed by atoms with Crippen LogP contribution in [0.4, 0.5) is 0 Å². The van der Waals surface area contributed by atoms with Crippen molar-refractivity contribution in [3.63, 3.8) is 0 Å². The Morgan fingerprint density at radius 2 is 1.70 bits per heavy atom. The quantitative estimate of drug-likeness (QED) is 0.256. The van der Waals surface area contributed by atoms with Crippen molar-refractivity contribution in [1.29, 1.82) is 5.26 Å². The summed E-state index contributed by atoms with van der Waals surface area (Å²) in [4.78, 5) is 5.26. The molecule has 1 aliphatic carbocycles. The van der Waals surface area contributed by atoms with Gasteiger partial charge in [0.25, 0.3) is 0 Å². The van der Waals surface area contributed by atoms with E-state index < -0.39 is 19.8 Å². The molecule has 1 aliphatic rings. The molecule has 37 heavy (non-hydrogen) atoms. The van der Waals surface area contributed by atoms with Crippen molar-refractivity contribution in [2.45, 2.75) is 117 Å². The predicted molar refractivity (Wildman–Crippen MR) is 163 cm³/mol. The average Bonchev–Trinajstić information content (AvgIpc) is 2.76. The minimum atomic E-state index is -2.04. The van der Waals surface area contributed by atoms with Crippen molar-refractivity contribution in [2.24, 2.45) is 5.41 Å². The van der Waals surface area contributed by atoms with Gasteiger partial charge in [-0.1, -0.05) is 72.7 Å². The first-order valence-corrected chi connectivity index (χ1v) is 17.4. The normalized spacial score (nSPS) is 18.9. The van der Waals surface area contributed by atoms with Gasteiger partial charge in [0.15, 0.2) is 8.32 Å². The summed E-state index contributed by atoms with van der Waals surface area (Å²) in [5, 5.41) is 21.4. The van der Waals surface area contributed by atoms with Gasteiger partial charge in [0, 0.05) is 20.4 Å². The number of aromatic nitrogens is 1. The zero-order valence-corrected chi connectivity index (χ0v) is 27.7. The molecule has 1 aromatic carbocycles. The first-order valence-electron chi connectivity index (χ1n) is 13.4. The number of aliphatic hydroxyl groups is 1. The number of rotatable bonds is 6. The van der Waals surface area contributed by atoms with Crippen LogP contribution in [0.1, 0.15) is 121 Å². The van der Waals surface area contributed by atoms with Gasteiger partial charge < -0.3 is 9.53 Å². The van der Waals surface area contributed by atoms with Crippen LogP contribution in [0.3, 0.4) is 0 Å². The van der Waals surface area contributed by atoms with Gasteiger partial charge in [-0.15, -0.1) is 0 Å². The lowest BCUT2D eigenvalue weighted by Crippen LogP contribution is -2.44. The highest BCUT2D eigenvalue weighted by Crippen LogP contribution is 2.50. The molecule has 6 heteroatoms. The fraction of sp³-hybridized carbons (Fsp3) is 0.613. The molecule has 0 saturated heterocycles. The third-order valence-corrected chi connectivity index (χ3v) is 14.0. The standard InChI is InChI=1S/C31H45IN2O2Si/c1-19(2)27-25(28(35)20-12-14-21(15-13-20)31(8,9)18-33)26(32)24-22(34-27)16-30(6,7)17-23(24)36-37(10,11)29(3,4)5/h12-15,19,23,28,35H,16-17H2,1-11H3/t23-,28?/m0/s1. The van der Waals surface area contributed by atoms with Crippen molar-refractivity contribution in [3.8, 4) is 6.07 Å². The highest BCUT2D eigenvalue weighted by molar-refractivity contribution is 14.1. The van der Waals surface area contributed by atoms with Gasteiger partial charge in [0.05, 0.1) is 23.3 Å². The lowest BCUT2D eigenvalue weighted by Gasteiger charge is -2.44. The second-order valence-corrected chi connectivity index (χ2v) is 19.7. The van der Waals surface area contributed by atoms with Crippen LogP contribution in [-0.2, 0) is 16.3 Å². The van der Waals surface area contributed by atoms with Crippen molar-refractivity contribution in [3.05, 3.63) is 61.5 Å². The number of nitrogens with zero attached hydrogens (tertiary/aromatic N) is 2. The molecule has 0 radical (unpaired) electrons. The Morgan fingerprint density at radius 3 is 2.19 bits per heavy atom. The fourth-order valence-corrected chi connectivity index (χ4v) is 7.38. The van der Waals surface area contributed by atoms with Crippen LogP contribution in [0.15, 0.2) is 24.3 Å². The third-order valence-electron chi connectivity index (χ3n) is 8.31. The highest BCUT2D eigenvalue weighted by Gasteiger charge is 2.44. The number of benzene rings is 1. The summed E-state index contributed by atoms with van der Waals surface area (Å²) in [6, 6.07) is 10.2. The number of hydrogen-bond acceptors (Lipinski definition) is 4. The molecule has 0 saturated carbocycles. The molecule has 202 valence electrons. The Bertz CT molecular complexity index is 1190. The minimum absolute atomic E-state index is 0.0370. The first-order chi connectivity index (χ1) is 16.8. The number of pyridine rings is 1. The van der Waals surface area contributed by atoms with Gasteiger partial charge >= 0.3 is 0 Å². The highest BCUT2D eigenvalue weighted by atomic mass is 127. The molecular formula is C31H45IN2O2Si. The summed E-state index contributed by atoms with van der Waals surface area (Å²) in [5.74, 6) is 0.171. The Morgan fingerprint density at radius 1 is 1.14 bits per heavy atom. The Labute approximate surface area is 239 Å². The van der Waals surface area contributed by atoms with E-state index in [-0.39, 0.29) is 22.5 Å². The summed E-state index contributed by atoms with van der Waals surface area (Å²) in [6.45, 7) is 24.2. The van der Waals surface area contributed by atoms with Crippen LogP contribution in [-0.4, -0.2) is 18.4 Å². The molecule has 1 unspecified atom stereocenters. The topological polar surface area (TPSA) is 66.1 Å². The molecule has 3 rings (SSSR count). The summed E-state index contributed by atoms with van der Waals surface area (Å²) in [6.07, 6.45) is 1.01. The fourth-order valence-electron chi connectivity index (χ4n) is 4.89. The SMILES string of the molecule is CC(C)c1nc2c(c(I)c1C(O)c1ccc(C(C)(C)C#N)cc1)[C@@H](O[Si](C)(C)C(C)(C)C)CC(C)(C)C2. The first kappa shape index (κ1) is 30.3. The molecule has 1 aromatic heterocycles. The summed E-state index contributed by atoms with van der Waals surface area (Å²) >= 11 is 2.44. The number of halogens is 1. The van der Waals surface area contributed by atoms with Crippen molar-refractivity contribution in [1.82, 2.24) is 4.98 Å². The Hall–Kier alpha value is -1.27. The molecule has 0 aliphatic heterocycles. The van der Waals surface area contributed by atoms with Gasteiger partial charge in [0.2, 0.25) is 0 Å². The number of nitriles is 1. The molecule has 0 bridgehead atoms. The van der Waals surface area contributed by atoms with Gasteiger partial charge in [-0.25, -0.2) is 0 Å². The third kappa shape index (κ3) is 6.16. The van der Waals surface area contributed by atoms with Crippen LogP contribution in [0, 0.1) is 20.3 Å². The van der Waals surface area contributed by atoms with Gasteiger partial charge in [-0.05, 0) is 89.9 Å². The monoisotopic (exact) mass is 632 g/mol. The van der Waals surface area contributed by atoms with Crippen LogP contribution in [0.2, 0.25) is 18.1 Å². The van der Waals surface area contributed by atoms with Crippen LogP contribution >= 0.6 is 22.6 Å².